The van der Waals surface area contributed by atoms with E-state index in [4.69, 9.17) is 0 Å². The van der Waals surface area contributed by atoms with E-state index in [2.05, 4.69) is 24.1 Å². The van der Waals surface area contributed by atoms with Crippen molar-refractivity contribution in [3.63, 3.8) is 0 Å². The largest absolute Gasteiger partial charge is 0.373 e. The average Bonchev–Trinajstić information content (AvgIpc) is 2.54. The van der Waals surface area contributed by atoms with Gasteiger partial charge in [0.15, 0.2) is 0 Å². The van der Waals surface area contributed by atoms with Gasteiger partial charge in [-0.15, -0.1) is 0 Å². The second-order valence-electron chi connectivity index (χ2n) is 5.90. The van der Waals surface area contributed by atoms with Gasteiger partial charge in [-0.3, -0.25) is 4.79 Å². The van der Waals surface area contributed by atoms with Gasteiger partial charge in [-0.05, 0) is 37.3 Å². The van der Waals surface area contributed by atoms with E-state index in [0.29, 0.717) is 5.92 Å². The molecular formula is C17H27N3O. The van der Waals surface area contributed by atoms with Crippen molar-refractivity contribution in [1.82, 2.24) is 9.88 Å². The molecule has 21 heavy (non-hydrogen) atoms. The number of aryl methyl sites for hydroxylation is 1. The van der Waals surface area contributed by atoms with E-state index >= 15 is 0 Å². The Morgan fingerprint density at radius 1 is 1.43 bits per heavy atom. The van der Waals surface area contributed by atoms with Gasteiger partial charge in [-0.25, -0.2) is 4.98 Å². The summed E-state index contributed by atoms with van der Waals surface area (Å²) in [6.07, 6.45) is 5.47. The fraction of sp³-hybridized carbons (Fsp3) is 0.647. The molecular weight excluding hydrogens is 262 g/mol. The monoisotopic (exact) mass is 289 g/mol. The summed E-state index contributed by atoms with van der Waals surface area (Å²) in [5.41, 5.74) is 1.77. The molecule has 4 nitrogen and oxygen atoms in total. The average molecular weight is 289 g/mol. The third kappa shape index (κ3) is 3.96. The molecule has 0 radical (unpaired) electrons. The lowest BCUT2D eigenvalue weighted by Gasteiger charge is -2.32. The van der Waals surface area contributed by atoms with Gasteiger partial charge in [0.25, 0.3) is 5.91 Å². The highest BCUT2D eigenvalue weighted by atomic mass is 16.2. The number of carbonyl (C=O) groups excluding carboxylic acids is 1. The quantitative estimate of drug-likeness (QED) is 0.904. The molecule has 0 aromatic carbocycles. The number of nitrogens with one attached hydrogen (secondary N) is 1. The minimum Gasteiger partial charge on any atom is -0.373 e. The Morgan fingerprint density at radius 3 is 2.90 bits per heavy atom. The topological polar surface area (TPSA) is 45.2 Å². The zero-order valence-electron chi connectivity index (χ0n) is 13.5. The van der Waals surface area contributed by atoms with Crippen molar-refractivity contribution in [3.8, 4) is 0 Å². The zero-order chi connectivity index (χ0) is 15.2. The molecule has 1 fully saturated rings. The number of aromatic nitrogens is 1. The minimum atomic E-state index is 0.157. The standard InChI is InChI=1S/C17H27N3O/c1-4-7-15-10-14(11-16(18-3)19-15)17(21)20-9-6-8-13(5-2)12-20/h10-11,13H,4-9,12H2,1-3H3,(H,18,19). The number of carbonyl (C=O) groups is 1. The Balaban J connectivity index is 2.19. The van der Waals surface area contributed by atoms with E-state index in [1.807, 2.05) is 24.1 Å². The van der Waals surface area contributed by atoms with Gasteiger partial charge >= 0.3 is 0 Å². The van der Waals surface area contributed by atoms with Crippen molar-refractivity contribution in [2.45, 2.75) is 46.0 Å². The maximum atomic E-state index is 12.8. The molecule has 2 heterocycles. The van der Waals surface area contributed by atoms with Crippen LogP contribution >= 0.6 is 0 Å². The summed E-state index contributed by atoms with van der Waals surface area (Å²) in [4.78, 5) is 19.3. The van der Waals surface area contributed by atoms with Crippen LogP contribution in [0.5, 0.6) is 0 Å². The minimum absolute atomic E-state index is 0.157. The van der Waals surface area contributed by atoms with Crippen LogP contribution in [-0.4, -0.2) is 35.9 Å². The van der Waals surface area contributed by atoms with Crippen molar-refractivity contribution >= 4 is 11.7 Å². The van der Waals surface area contributed by atoms with E-state index in [-0.39, 0.29) is 5.91 Å². The van der Waals surface area contributed by atoms with Crippen molar-refractivity contribution in [1.29, 1.82) is 0 Å². The maximum absolute atomic E-state index is 12.8. The van der Waals surface area contributed by atoms with E-state index in [1.165, 1.54) is 6.42 Å². The van der Waals surface area contributed by atoms with Gasteiger partial charge in [0.1, 0.15) is 5.82 Å². The Morgan fingerprint density at radius 2 is 2.24 bits per heavy atom. The number of piperidine rings is 1. The second kappa shape index (κ2) is 7.43. The molecule has 2 rings (SSSR count). The highest BCUT2D eigenvalue weighted by Crippen LogP contribution is 2.22. The predicted octanol–water partition coefficient (Wildman–Crippen LogP) is 3.34. The number of hydrogen-bond donors (Lipinski definition) is 1. The zero-order valence-corrected chi connectivity index (χ0v) is 13.5. The first kappa shape index (κ1) is 15.8. The first-order chi connectivity index (χ1) is 10.2. The summed E-state index contributed by atoms with van der Waals surface area (Å²) in [6.45, 7) is 6.13. The smallest absolute Gasteiger partial charge is 0.254 e. The third-order valence-electron chi connectivity index (χ3n) is 4.27. The van der Waals surface area contributed by atoms with E-state index in [9.17, 15) is 4.79 Å². The van der Waals surface area contributed by atoms with Gasteiger partial charge in [-0.2, -0.15) is 0 Å². The SMILES string of the molecule is CCCc1cc(C(=O)N2CCCC(CC)C2)cc(NC)n1. The number of nitrogens with zero attached hydrogens (tertiary/aromatic N) is 2. The van der Waals surface area contributed by atoms with Crippen molar-refractivity contribution in [3.05, 3.63) is 23.4 Å². The molecule has 1 amide bonds. The second-order valence-corrected chi connectivity index (χ2v) is 5.90. The Hall–Kier alpha value is -1.58. The molecule has 0 bridgehead atoms. The van der Waals surface area contributed by atoms with E-state index in [1.54, 1.807) is 0 Å². The van der Waals surface area contributed by atoms with Gasteiger partial charge < -0.3 is 10.2 Å². The molecule has 1 aromatic heterocycles. The molecule has 1 atom stereocenters. The molecule has 1 aliphatic heterocycles. The van der Waals surface area contributed by atoms with Crippen molar-refractivity contribution in [2.24, 2.45) is 5.92 Å². The molecule has 4 heteroatoms. The van der Waals surface area contributed by atoms with Crippen LogP contribution in [-0.2, 0) is 6.42 Å². The molecule has 1 unspecified atom stereocenters. The lowest BCUT2D eigenvalue weighted by atomic mass is 9.95. The maximum Gasteiger partial charge on any atom is 0.254 e. The van der Waals surface area contributed by atoms with Crippen molar-refractivity contribution < 1.29 is 4.79 Å². The van der Waals surface area contributed by atoms with Gasteiger partial charge in [0.2, 0.25) is 0 Å². The Labute approximate surface area is 127 Å². The first-order valence-electron chi connectivity index (χ1n) is 8.15. The summed E-state index contributed by atoms with van der Waals surface area (Å²) < 4.78 is 0. The first-order valence-corrected chi connectivity index (χ1v) is 8.15. The molecule has 1 N–H and O–H groups in total. The highest BCUT2D eigenvalue weighted by molar-refractivity contribution is 5.95. The summed E-state index contributed by atoms with van der Waals surface area (Å²) in [5, 5.41) is 3.06. The van der Waals surface area contributed by atoms with Crippen LogP contribution in [0.25, 0.3) is 0 Å². The predicted molar refractivity (Wildman–Crippen MR) is 86.7 cm³/mol. The Bertz CT molecular complexity index is 487. The van der Waals surface area contributed by atoms with Crippen LogP contribution in [0.3, 0.4) is 0 Å². The molecule has 1 aromatic rings. The molecule has 1 aliphatic rings. The number of rotatable bonds is 5. The molecule has 0 saturated carbocycles. The number of hydrogen-bond acceptors (Lipinski definition) is 3. The van der Waals surface area contributed by atoms with Crippen molar-refractivity contribution in [2.75, 3.05) is 25.5 Å². The third-order valence-corrected chi connectivity index (χ3v) is 4.27. The number of amides is 1. The van der Waals surface area contributed by atoms with Crippen LogP contribution in [0.1, 0.15) is 55.6 Å². The lowest BCUT2D eigenvalue weighted by Crippen LogP contribution is -2.39. The number of likely N-dealkylation sites (tertiary alicyclic amines) is 1. The van der Waals surface area contributed by atoms with Crippen LogP contribution in [0.15, 0.2) is 12.1 Å². The normalized spacial score (nSPS) is 18.6. The fourth-order valence-electron chi connectivity index (χ4n) is 2.99. The fourth-order valence-corrected chi connectivity index (χ4v) is 2.99. The number of anilines is 1. The highest BCUT2D eigenvalue weighted by Gasteiger charge is 2.24. The van der Waals surface area contributed by atoms with Crippen LogP contribution in [0, 0.1) is 5.92 Å². The molecule has 116 valence electrons. The molecule has 0 spiro atoms. The summed E-state index contributed by atoms with van der Waals surface area (Å²) in [6, 6.07) is 3.83. The van der Waals surface area contributed by atoms with E-state index in [0.717, 1.165) is 55.8 Å². The molecule has 0 aliphatic carbocycles. The van der Waals surface area contributed by atoms with Gasteiger partial charge in [-0.1, -0.05) is 26.7 Å². The van der Waals surface area contributed by atoms with Gasteiger partial charge in [0.05, 0.1) is 0 Å². The summed E-state index contributed by atoms with van der Waals surface area (Å²) in [7, 11) is 1.85. The van der Waals surface area contributed by atoms with Crippen LogP contribution < -0.4 is 5.32 Å². The molecule has 1 saturated heterocycles. The van der Waals surface area contributed by atoms with E-state index < -0.39 is 0 Å². The van der Waals surface area contributed by atoms with Gasteiger partial charge in [0, 0.05) is 31.4 Å². The lowest BCUT2D eigenvalue weighted by molar-refractivity contribution is 0.0671. The van der Waals surface area contributed by atoms with Crippen LogP contribution in [0.4, 0.5) is 5.82 Å². The summed E-state index contributed by atoms with van der Waals surface area (Å²) >= 11 is 0. The number of pyridine rings is 1. The Kier molecular flexibility index (Phi) is 5.59. The summed E-state index contributed by atoms with van der Waals surface area (Å²) in [5.74, 6) is 1.60. The van der Waals surface area contributed by atoms with Crippen LogP contribution in [0.2, 0.25) is 0 Å².